The normalized spacial score (nSPS) is 40.2. The van der Waals surface area contributed by atoms with Crippen LogP contribution in [0.4, 0.5) is 0 Å². The maximum absolute atomic E-state index is 10.2. The monoisotopic (exact) mass is 170 g/mol. The summed E-state index contributed by atoms with van der Waals surface area (Å²) in [5.41, 5.74) is -0.325. The summed E-state index contributed by atoms with van der Waals surface area (Å²) in [7, 11) is 0. The first-order chi connectivity index (χ1) is 5.49. The Kier molecular flexibility index (Phi) is 2.82. The van der Waals surface area contributed by atoms with E-state index < -0.39 is 0 Å². The minimum absolute atomic E-state index is 0.325. The fourth-order valence-electron chi connectivity index (χ4n) is 2.40. The van der Waals surface area contributed by atoms with E-state index in [0.29, 0.717) is 11.8 Å². The summed E-state index contributed by atoms with van der Waals surface area (Å²) in [5.74, 6) is 1.86. The number of aliphatic hydroxyl groups is 1. The molecular formula is C11H22O. The molecule has 72 valence electrons. The summed E-state index contributed by atoms with van der Waals surface area (Å²) in [6, 6.07) is 0. The molecule has 0 aromatic rings. The van der Waals surface area contributed by atoms with Crippen molar-refractivity contribution >= 4 is 0 Å². The summed E-state index contributed by atoms with van der Waals surface area (Å²) < 4.78 is 0. The molecule has 1 aliphatic carbocycles. The van der Waals surface area contributed by atoms with Crippen molar-refractivity contribution in [2.45, 2.75) is 52.6 Å². The molecule has 1 heteroatoms. The standard InChI is InChI=1S/C11H22O/c1-5-9(3)10(4)11(12)6-8(2)7-11/h8-10,12H,5-7H2,1-4H3. The van der Waals surface area contributed by atoms with E-state index in [0.717, 1.165) is 18.8 Å². The average Bonchev–Trinajstić information content (AvgIpc) is 1.99. The molecule has 1 N–H and O–H groups in total. The molecule has 0 amide bonds. The van der Waals surface area contributed by atoms with Crippen LogP contribution in [0.3, 0.4) is 0 Å². The number of hydrogen-bond donors (Lipinski definition) is 1. The zero-order chi connectivity index (χ0) is 9.35. The van der Waals surface area contributed by atoms with Crippen LogP contribution in [0.15, 0.2) is 0 Å². The van der Waals surface area contributed by atoms with E-state index >= 15 is 0 Å². The first kappa shape index (κ1) is 10.0. The molecular weight excluding hydrogens is 148 g/mol. The predicted molar refractivity (Wildman–Crippen MR) is 52.0 cm³/mol. The van der Waals surface area contributed by atoms with Gasteiger partial charge in [0.2, 0.25) is 0 Å². The molecule has 0 saturated heterocycles. The summed E-state index contributed by atoms with van der Waals surface area (Å²) in [6.45, 7) is 8.86. The molecule has 1 rings (SSSR count). The fraction of sp³-hybridized carbons (Fsp3) is 1.00. The molecule has 2 atom stereocenters. The van der Waals surface area contributed by atoms with Crippen LogP contribution in [0.5, 0.6) is 0 Å². The molecule has 0 radical (unpaired) electrons. The lowest BCUT2D eigenvalue weighted by molar-refractivity contribution is -0.122. The zero-order valence-electron chi connectivity index (χ0n) is 8.80. The molecule has 1 fully saturated rings. The van der Waals surface area contributed by atoms with Crippen molar-refractivity contribution in [3.63, 3.8) is 0 Å². The van der Waals surface area contributed by atoms with Gasteiger partial charge in [-0.15, -0.1) is 0 Å². The van der Waals surface area contributed by atoms with Gasteiger partial charge in [-0.05, 0) is 30.6 Å². The molecule has 1 saturated carbocycles. The van der Waals surface area contributed by atoms with Crippen LogP contribution in [0.1, 0.15) is 47.0 Å². The van der Waals surface area contributed by atoms with Crippen molar-refractivity contribution in [1.82, 2.24) is 0 Å². The Morgan fingerprint density at radius 1 is 1.42 bits per heavy atom. The Bertz CT molecular complexity index is 147. The van der Waals surface area contributed by atoms with Crippen molar-refractivity contribution in [1.29, 1.82) is 0 Å². The molecule has 0 spiro atoms. The fourth-order valence-corrected chi connectivity index (χ4v) is 2.40. The van der Waals surface area contributed by atoms with Gasteiger partial charge in [-0.1, -0.05) is 34.1 Å². The van der Waals surface area contributed by atoms with Crippen LogP contribution in [-0.2, 0) is 0 Å². The van der Waals surface area contributed by atoms with Gasteiger partial charge in [0.1, 0.15) is 0 Å². The lowest BCUT2D eigenvalue weighted by Crippen LogP contribution is -2.49. The van der Waals surface area contributed by atoms with E-state index in [1.807, 2.05) is 0 Å². The van der Waals surface area contributed by atoms with Gasteiger partial charge in [-0.3, -0.25) is 0 Å². The third-order valence-corrected chi connectivity index (χ3v) is 3.75. The predicted octanol–water partition coefficient (Wildman–Crippen LogP) is 2.83. The zero-order valence-corrected chi connectivity index (χ0v) is 8.80. The Morgan fingerprint density at radius 3 is 2.25 bits per heavy atom. The van der Waals surface area contributed by atoms with Crippen LogP contribution in [0.2, 0.25) is 0 Å². The van der Waals surface area contributed by atoms with E-state index in [2.05, 4.69) is 27.7 Å². The van der Waals surface area contributed by atoms with Gasteiger partial charge < -0.3 is 5.11 Å². The largest absolute Gasteiger partial charge is 0.390 e. The van der Waals surface area contributed by atoms with Gasteiger partial charge in [-0.2, -0.15) is 0 Å². The molecule has 0 aliphatic heterocycles. The second kappa shape index (κ2) is 3.37. The highest BCUT2D eigenvalue weighted by molar-refractivity contribution is 4.96. The molecule has 1 aliphatic rings. The lowest BCUT2D eigenvalue weighted by Gasteiger charge is -2.48. The van der Waals surface area contributed by atoms with Gasteiger partial charge in [0.25, 0.3) is 0 Å². The third kappa shape index (κ3) is 1.66. The molecule has 0 aromatic carbocycles. The van der Waals surface area contributed by atoms with Crippen LogP contribution < -0.4 is 0 Å². The number of rotatable bonds is 3. The molecule has 0 bridgehead atoms. The molecule has 0 aromatic heterocycles. The van der Waals surface area contributed by atoms with Crippen molar-refractivity contribution in [2.75, 3.05) is 0 Å². The summed E-state index contributed by atoms with van der Waals surface area (Å²) in [4.78, 5) is 0. The van der Waals surface area contributed by atoms with Gasteiger partial charge >= 0.3 is 0 Å². The molecule has 1 nitrogen and oxygen atoms in total. The Morgan fingerprint density at radius 2 is 1.92 bits per heavy atom. The quantitative estimate of drug-likeness (QED) is 0.690. The Hall–Kier alpha value is -0.0400. The summed E-state index contributed by atoms with van der Waals surface area (Å²) in [6.07, 6.45) is 3.20. The van der Waals surface area contributed by atoms with Gasteiger partial charge in [0, 0.05) is 0 Å². The summed E-state index contributed by atoms with van der Waals surface area (Å²) in [5, 5.41) is 10.2. The van der Waals surface area contributed by atoms with Crippen molar-refractivity contribution in [3.05, 3.63) is 0 Å². The average molecular weight is 170 g/mol. The first-order valence-corrected chi connectivity index (χ1v) is 5.22. The van der Waals surface area contributed by atoms with E-state index in [1.165, 1.54) is 6.42 Å². The van der Waals surface area contributed by atoms with Crippen LogP contribution in [-0.4, -0.2) is 10.7 Å². The second-order valence-corrected chi connectivity index (χ2v) is 4.79. The first-order valence-electron chi connectivity index (χ1n) is 5.22. The highest BCUT2D eigenvalue weighted by atomic mass is 16.3. The SMILES string of the molecule is CCC(C)C(C)C1(O)CC(C)C1. The van der Waals surface area contributed by atoms with Crippen molar-refractivity contribution in [2.24, 2.45) is 17.8 Å². The third-order valence-electron chi connectivity index (χ3n) is 3.75. The minimum Gasteiger partial charge on any atom is -0.390 e. The van der Waals surface area contributed by atoms with E-state index in [9.17, 15) is 5.11 Å². The van der Waals surface area contributed by atoms with Gasteiger partial charge in [-0.25, -0.2) is 0 Å². The topological polar surface area (TPSA) is 20.2 Å². The maximum atomic E-state index is 10.2. The van der Waals surface area contributed by atoms with Gasteiger partial charge in [0.05, 0.1) is 5.60 Å². The number of hydrogen-bond acceptors (Lipinski definition) is 1. The lowest BCUT2D eigenvalue weighted by atomic mass is 9.62. The molecule has 12 heavy (non-hydrogen) atoms. The Balaban J connectivity index is 2.47. The highest BCUT2D eigenvalue weighted by Crippen LogP contribution is 2.45. The van der Waals surface area contributed by atoms with Gasteiger partial charge in [0.15, 0.2) is 0 Å². The van der Waals surface area contributed by atoms with E-state index in [4.69, 9.17) is 0 Å². The van der Waals surface area contributed by atoms with Crippen molar-refractivity contribution < 1.29 is 5.11 Å². The molecule has 2 unspecified atom stereocenters. The van der Waals surface area contributed by atoms with E-state index in [-0.39, 0.29) is 5.60 Å². The maximum Gasteiger partial charge on any atom is 0.0680 e. The van der Waals surface area contributed by atoms with Crippen LogP contribution >= 0.6 is 0 Å². The van der Waals surface area contributed by atoms with E-state index in [1.54, 1.807) is 0 Å². The van der Waals surface area contributed by atoms with Crippen LogP contribution in [0.25, 0.3) is 0 Å². The smallest absolute Gasteiger partial charge is 0.0680 e. The second-order valence-electron chi connectivity index (χ2n) is 4.79. The minimum atomic E-state index is -0.325. The summed E-state index contributed by atoms with van der Waals surface area (Å²) >= 11 is 0. The molecule has 0 heterocycles. The van der Waals surface area contributed by atoms with Crippen LogP contribution in [0, 0.1) is 17.8 Å². The Labute approximate surface area is 76.2 Å². The highest BCUT2D eigenvalue weighted by Gasteiger charge is 2.45. The van der Waals surface area contributed by atoms with Crippen molar-refractivity contribution in [3.8, 4) is 0 Å².